The van der Waals surface area contributed by atoms with Gasteiger partial charge in [0.15, 0.2) is 0 Å². The Balaban J connectivity index is 2.42. The first-order chi connectivity index (χ1) is 8.49. The number of rotatable bonds is 3. The summed E-state index contributed by atoms with van der Waals surface area (Å²) in [5.74, 6) is 0. The Kier molecular flexibility index (Phi) is 3.19. The molecule has 18 heavy (non-hydrogen) atoms. The lowest BCUT2D eigenvalue weighted by Gasteiger charge is -2.02. The molecule has 0 spiro atoms. The largest absolute Gasteiger partial charge is 0.291 e. The molecular weight excluding hydrogens is 264 g/mol. The minimum Gasteiger partial charge on any atom is -0.291 e. The van der Waals surface area contributed by atoms with Gasteiger partial charge in [0.2, 0.25) is 0 Å². The lowest BCUT2D eigenvalue weighted by atomic mass is 10.3. The molecule has 0 aliphatic rings. The van der Waals surface area contributed by atoms with Crippen LogP contribution in [0.1, 0.15) is 12.1 Å². The predicted octanol–water partition coefficient (Wildman–Crippen LogP) is 3.38. The van der Waals surface area contributed by atoms with Crippen LogP contribution in [0.2, 0.25) is 0 Å². The van der Waals surface area contributed by atoms with Crippen molar-refractivity contribution in [1.29, 1.82) is 0 Å². The zero-order valence-electron chi connectivity index (χ0n) is 8.84. The molecule has 0 fully saturated rings. The Hall–Kier alpha value is -2.09. The Bertz CT molecular complexity index is 633. The fraction of sp³-hybridized carbons (Fsp3) is 0.100. The third-order valence-corrected chi connectivity index (χ3v) is 2.59. The number of nitro benzene ring substituents is 1. The van der Waals surface area contributed by atoms with E-state index in [4.69, 9.17) is 12.2 Å². The highest BCUT2D eigenvalue weighted by atomic mass is 32.1. The van der Waals surface area contributed by atoms with E-state index >= 15 is 0 Å². The van der Waals surface area contributed by atoms with Gasteiger partial charge >= 0.3 is 0 Å². The maximum atomic E-state index is 12.5. The highest BCUT2D eigenvalue weighted by Crippen LogP contribution is 2.20. The molecule has 94 valence electrons. The van der Waals surface area contributed by atoms with E-state index in [0.717, 1.165) is 6.07 Å². The van der Waals surface area contributed by atoms with Gasteiger partial charge in [0.25, 0.3) is 12.1 Å². The van der Waals surface area contributed by atoms with E-state index in [1.54, 1.807) is 0 Å². The molecule has 1 N–H and O–H groups in total. The molecule has 0 amide bonds. The van der Waals surface area contributed by atoms with Crippen molar-refractivity contribution >= 4 is 17.9 Å². The highest BCUT2D eigenvalue weighted by Gasteiger charge is 2.12. The average Bonchev–Trinajstić information content (AvgIpc) is 2.71. The average molecular weight is 271 g/mol. The summed E-state index contributed by atoms with van der Waals surface area (Å²) in [6.45, 7) is 0. The smallest absolute Gasteiger partial charge is 0.279 e. The molecule has 0 unspecified atom stereocenters. The number of hydrogen-bond donors (Lipinski definition) is 1. The van der Waals surface area contributed by atoms with Gasteiger partial charge in [-0.1, -0.05) is 12.2 Å². The van der Waals surface area contributed by atoms with E-state index < -0.39 is 11.3 Å². The second kappa shape index (κ2) is 4.65. The van der Waals surface area contributed by atoms with Crippen LogP contribution in [-0.4, -0.2) is 14.7 Å². The van der Waals surface area contributed by atoms with Crippen LogP contribution < -0.4 is 0 Å². The first-order valence-corrected chi connectivity index (χ1v) is 5.25. The van der Waals surface area contributed by atoms with Crippen molar-refractivity contribution in [3.63, 3.8) is 0 Å². The summed E-state index contributed by atoms with van der Waals surface area (Å²) in [7, 11) is 0. The number of nitro groups is 1. The number of nitrogens with zero attached hydrogens (tertiary/aromatic N) is 2. The van der Waals surface area contributed by atoms with Crippen LogP contribution in [0.3, 0.4) is 0 Å². The van der Waals surface area contributed by atoms with Gasteiger partial charge in [0.1, 0.15) is 10.3 Å². The van der Waals surface area contributed by atoms with Crippen LogP contribution in [-0.2, 0) is 0 Å². The lowest BCUT2D eigenvalue weighted by molar-refractivity contribution is -0.384. The van der Waals surface area contributed by atoms with Crippen molar-refractivity contribution in [1.82, 2.24) is 9.78 Å². The SMILES string of the molecule is O=[N+]([O-])c1ccc(-n2[nH]c(C(F)F)cc2=S)cc1. The number of halogens is 2. The quantitative estimate of drug-likeness (QED) is 0.528. The third kappa shape index (κ3) is 2.28. The van der Waals surface area contributed by atoms with Crippen molar-refractivity contribution in [2.75, 3.05) is 0 Å². The summed E-state index contributed by atoms with van der Waals surface area (Å²) in [4.78, 5) is 9.94. The minimum absolute atomic E-state index is 0.0779. The fourth-order valence-electron chi connectivity index (χ4n) is 1.44. The van der Waals surface area contributed by atoms with Gasteiger partial charge in [-0.2, -0.15) is 0 Å². The number of non-ortho nitro benzene ring substituents is 1. The van der Waals surface area contributed by atoms with Gasteiger partial charge in [-0.15, -0.1) is 0 Å². The molecule has 8 heteroatoms. The van der Waals surface area contributed by atoms with Gasteiger partial charge < -0.3 is 0 Å². The topological polar surface area (TPSA) is 63.9 Å². The Morgan fingerprint density at radius 3 is 2.39 bits per heavy atom. The summed E-state index contributed by atoms with van der Waals surface area (Å²) < 4.78 is 26.4. The van der Waals surface area contributed by atoms with Gasteiger partial charge in [-0.25, -0.2) is 13.5 Å². The van der Waals surface area contributed by atoms with E-state index in [9.17, 15) is 18.9 Å². The molecule has 5 nitrogen and oxygen atoms in total. The molecule has 0 aliphatic heterocycles. The maximum Gasteiger partial charge on any atom is 0.279 e. The highest BCUT2D eigenvalue weighted by molar-refractivity contribution is 7.71. The number of nitrogens with one attached hydrogen (secondary N) is 1. The van der Waals surface area contributed by atoms with E-state index in [1.807, 2.05) is 0 Å². The number of H-pyrrole nitrogens is 1. The first-order valence-electron chi connectivity index (χ1n) is 4.84. The molecule has 1 aromatic heterocycles. The van der Waals surface area contributed by atoms with Gasteiger partial charge in [-0.3, -0.25) is 15.2 Å². The minimum atomic E-state index is -2.65. The number of aromatic nitrogens is 2. The summed E-state index contributed by atoms with van der Waals surface area (Å²) in [5, 5.41) is 12.9. The monoisotopic (exact) mass is 271 g/mol. The normalized spacial score (nSPS) is 10.8. The Labute approximate surface area is 105 Å². The number of aromatic amines is 1. The number of hydrogen-bond acceptors (Lipinski definition) is 3. The van der Waals surface area contributed by atoms with Crippen molar-refractivity contribution in [2.45, 2.75) is 6.43 Å². The predicted molar refractivity (Wildman–Crippen MR) is 62.6 cm³/mol. The molecule has 0 bridgehead atoms. The second-order valence-corrected chi connectivity index (χ2v) is 3.88. The van der Waals surface area contributed by atoms with Gasteiger partial charge in [0, 0.05) is 18.2 Å². The van der Waals surface area contributed by atoms with Crippen LogP contribution >= 0.6 is 12.2 Å². The molecule has 2 rings (SSSR count). The molecule has 0 saturated heterocycles. The molecular formula is C10H7F2N3O2S. The summed E-state index contributed by atoms with van der Waals surface area (Å²) in [6, 6.07) is 6.57. The van der Waals surface area contributed by atoms with E-state index in [2.05, 4.69) is 5.10 Å². The first kappa shape index (κ1) is 12.4. The van der Waals surface area contributed by atoms with E-state index in [0.29, 0.717) is 5.69 Å². The summed E-state index contributed by atoms with van der Waals surface area (Å²) >= 11 is 4.92. The van der Waals surface area contributed by atoms with Crippen molar-refractivity contribution in [3.8, 4) is 5.69 Å². The second-order valence-electron chi connectivity index (χ2n) is 3.46. The van der Waals surface area contributed by atoms with Crippen LogP contribution in [0.5, 0.6) is 0 Å². The molecule has 1 heterocycles. The molecule has 0 atom stereocenters. The van der Waals surface area contributed by atoms with Gasteiger partial charge in [0.05, 0.1) is 10.6 Å². The number of alkyl halides is 2. The Morgan fingerprint density at radius 2 is 1.94 bits per heavy atom. The van der Waals surface area contributed by atoms with E-state index in [1.165, 1.54) is 28.9 Å². The van der Waals surface area contributed by atoms with E-state index in [-0.39, 0.29) is 16.0 Å². The molecule has 0 saturated carbocycles. The standard InChI is InChI=1S/C10H7F2N3O2S/c11-10(12)8-5-9(18)14(13-8)6-1-3-7(4-2-6)15(16)17/h1-5,10,13H. The molecule has 0 aliphatic carbocycles. The molecule has 2 aromatic rings. The van der Waals surface area contributed by atoms with Crippen molar-refractivity contribution in [2.24, 2.45) is 0 Å². The summed E-state index contributed by atoms with van der Waals surface area (Å²) in [6.07, 6.45) is -2.65. The van der Waals surface area contributed by atoms with Crippen molar-refractivity contribution < 1.29 is 13.7 Å². The Morgan fingerprint density at radius 1 is 1.33 bits per heavy atom. The zero-order valence-corrected chi connectivity index (χ0v) is 9.66. The zero-order chi connectivity index (χ0) is 13.3. The van der Waals surface area contributed by atoms with Crippen LogP contribution in [0.25, 0.3) is 5.69 Å². The summed E-state index contributed by atoms with van der Waals surface area (Å²) in [5.41, 5.74) is 0.0850. The number of benzene rings is 1. The molecule has 1 aromatic carbocycles. The van der Waals surface area contributed by atoms with Crippen molar-refractivity contribution in [3.05, 3.63) is 50.8 Å². The van der Waals surface area contributed by atoms with Crippen LogP contribution in [0.15, 0.2) is 30.3 Å². The lowest BCUT2D eigenvalue weighted by Crippen LogP contribution is -1.98. The maximum absolute atomic E-state index is 12.5. The van der Waals surface area contributed by atoms with Crippen LogP contribution in [0, 0.1) is 14.8 Å². The fourth-order valence-corrected chi connectivity index (χ4v) is 1.72. The molecule has 0 radical (unpaired) electrons. The van der Waals surface area contributed by atoms with Gasteiger partial charge in [-0.05, 0) is 12.1 Å². The third-order valence-electron chi connectivity index (χ3n) is 2.29. The van der Waals surface area contributed by atoms with Crippen LogP contribution in [0.4, 0.5) is 14.5 Å².